The molecule has 2 rings (SSSR count). The highest BCUT2D eigenvalue weighted by Gasteiger charge is 2.16. The number of hydrogen-bond donors (Lipinski definition) is 1. The first kappa shape index (κ1) is 15.8. The van der Waals surface area contributed by atoms with Crippen LogP contribution in [0.1, 0.15) is 17.3 Å². The Balaban J connectivity index is 2.30. The van der Waals surface area contributed by atoms with Crippen LogP contribution in [0.5, 0.6) is 5.75 Å². The molecule has 0 unspecified atom stereocenters. The molecule has 0 radical (unpaired) electrons. The van der Waals surface area contributed by atoms with Crippen LogP contribution in [-0.4, -0.2) is 21.0 Å². The third-order valence-electron chi connectivity index (χ3n) is 2.84. The van der Waals surface area contributed by atoms with Gasteiger partial charge in [0.15, 0.2) is 0 Å². The van der Waals surface area contributed by atoms with Crippen LogP contribution in [0.2, 0.25) is 0 Å². The molecule has 0 aliphatic rings. The SMILES string of the molecule is CCOc1ccc(S(=O)(=O)Nc2ccccc2C(=O)[O-])cc1. The zero-order valence-corrected chi connectivity index (χ0v) is 12.6. The predicted octanol–water partition coefficient (Wildman–Crippen LogP) is 1.25. The van der Waals surface area contributed by atoms with Gasteiger partial charge in [-0.25, -0.2) is 8.42 Å². The molecule has 0 aromatic heterocycles. The van der Waals surface area contributed by atoms with E-state index in [4.69, 9.17) is 4.74 Å². The van der Waals surface area contributed by atoms with Gasteiger partial charge in [-0.05, 0) is 37.3 Å². The molecule has 0 amide bonds. The number of hydrogen-bond acceptors (Lipinski definition) is 5. The van der Waals surface area contributed by atoms with Crippen LogP contribution >= 0.6 is 0 Å². The van der Waals surface area contributed by atoms with Crippen LogP contribution in [0.25, 0.3) is 0 Å². The van der Waals surface area contributed by atoms with Crippen molar-refractivity contribution in [1.29, 1.82) is 0 Å². The molecule has 7 heteroatoms. The summed E-state index contributed by atoms with van der Waals surface area (Å²) >= 11 is 0. The molecule has 1 N–H and O–H groups in total. The number of nitrogens with one attached hydrogen (secondary N) is 1. The fourth-order valence-corrected chi connectivity index (χ4v) is 2.92. The summed E-state index contributed by atoms with van der Waals surface area (Å²) in [5.74, 6) is -0.901. The second kappa shape index (κ2) is 6.48. The molecule has 116 valence electrons. The number of anilines is 1. The topological polar surface area (TPSA) is 95.5 Å². The highest BCUT2D eigenvalue weighted by Crippen LogP contribution is 2.21. The van der Waals surface area contributed by atoms with Gasteiger partial charge in [-0.15, -0.1) is 0 Å². The number of carboxylic acids is 1. The molecule has 0 saturated carbocycles. The summed E-state index contributed by atoms with van der Waals surface area (Å²) < 4.78 is 32.0. The summed E-state index contributed by atoms with van der Waals surface area (Å²) in [6.45, 7) is 2.30. The zero-order valence-electron chi connectivity index (χ0n) is 11.8. The van der Waals surface area contributed by atoms with Crippen molar-refractivity contribution >= 4 is 21.7 Å². The number of carbonyl (C=O) groups excluding carboxylic acids is 1. The molecule has 0 atom stereocenters. The molecule has 6 nitrogen and oxygen atoms in total. The van der Waals surface area contributed by atoms with Crippen LogP contribution < -0.4 is 14.6 Å². The molecule has 0 aliphatic heterocycles. The van der Waals surface area contributed by atoms with E-state index in [0.29, 0.717) is 12.4 Å². The molecule has 0 fully saturated rings. The minimum Gasteiger partial charge on any atom is -0.545 e. The molecule has 0 saturated heterocycles. The Morgan fingerprint density at radius 3 is 2.36 bits per heavy atom. The fraction of sp³-hybridized carbons (Fsp3) is 0.133. The number of carboxylic acid groups (broad SMARTS) is 1. The van der Waals surface area contributed by atoms with Crippen molar-refractivity contribution in [2.24, 2.45) is 0 Å². The Kier molecular flexibility index (Phi) is 4.67. The van der Waals surface area contributed by atoms with Gasteiger partial charge in [0.2, 0.25) is 0 Å². The Morgan fingerprint density at radius 1 is 1.14 bits per heavy atom. The number of benzene rings is 2. The third kappa shape index (κ3) is 3.56. The molecule has 2 aromatic carbocycles. The normalized spacial score (nSPS) is 11.0. The molecule has 0 bridgehead atoms. The lowest BCUT2D eigenvalue weighted by Crippen LogP contribution is -2.24. The van der Waals surface area contributed by atoms with Crippen molar-refractivity contribution in [2.75, 3.05) is 11.3 Å². The van der Waals surface area contributed by atoms with E-state index < -0.39 is 16.0 Å². The maximum Gasteiger partial charge on any atom is 0.261 e. The second-order valence-corrected chi connectivity index (χ2v) is 6.03. The first-order valence-electron chi connectivity index (χ1n) is 6.50. The highest BCUT2D eigenvalue weighted by molar-refractivity contribution is 7.92. The average molecular weight is 320 g/mol. The summed E-state index contributed by atoms with van der Waals surface area (Å²) in [6, 6.07) is 11.5. The van der Waals surface area contributed by atoms with Crippen molar-refractivity contribution in [3.63, 3.8) is 0 Å². The lowest BCUT2D eigenvalue weighted by atomic mass is 10.2. The van der Waals surface area contributed by atoms with Gasteiger partial charge in [-0.3, -0.25) is 4.72 Å². The number of ether oxygens (including phenoxy) is 1. The van der Waals surface area contributed by atoms with Gasteiger partial charge in [0.1, 0.15) is 5.75 Å². The molecule has 0 heterocycles. The van der Waals surface area contributed by atoms with E-state index in [1.54, 1.807) is 0 Å². The van der Waals surface area contributed by atoms with E-state index in [1.807, 2.05) is 6.92 Å². The van der Waals surface area contributed by atoms with Gasteiger partial charge in [0, 0.05) is 5.56 Å². The van der Waals surface area contributed by atoms with Gasteiger partial charge >= 0.3 is 0 Å². The van der Waals surface area contributed by atoms with Gasteiger partial charge in [-0.2, -0.15) is 0 Å². The van der Waals surface area contributed by atoms with Gasteiger partial charge < -0.3 is 14.6 Å². The number of rotatable bonds is 6. The Morgan fingerprint density at radius 2 is 1.77 bits per heavy atom. The summed E-state index contributed by atoms with van der Waals surface area (Å²) in [4.78, 5) is 11.0. The lowest BCUT2D eigenvalue weighted by molar-refractivity contribution is -0.254. The van der Waals surface area contributed by atoms with Crippen molar-refractivity contribution in [2.45, 2.75) is 11.8 Å². The van der Waals surface area contributed by atoms with Gasteiger partial charge in [0.05, 0.1) is 23.2 Å². The van der Waals surface area contributed by atoms with Crippen LogP contribution in [-0.2, 0) is 10.0 Å². The summed E-state index contributed by atoms with van der Waals surface area (Å²) in [6.07, 6.45) is 0. The summed E-state index contributed by atoms with van der Waals surface area (Å²) in [5, 5.41) is 11.0. The Hall–Kier alpha value is -2.54. The van der Waals surface area contributed by atoms with Crippen LogP contribution in [0, 0.1) is 0 Å². The van der Waals surface area contributed by atoms with Crippen LogP contribution in [0.4, 0.5) is 5.69 Å². The monoisotopic (exact) mass is 320 g/mol. The summed E-state index contributed by atoms with van der Waals surface area (Å²) in [5.41, 5.74) is -0.270. The first-order valence-corrected chi connectivity index (χ1v) is 7.98. The van der Waals surface area contributed by atoms with Crippen LogP contribution in [0.3, 0.4) is 0 Å². The minimum absolute atomic E-state index is 0.00380. The van der Waals surface area contributed by atoms with E-state index in [0.717, 1.165) is 0 Å². The second-order valence-electron chi connectivity index (χ2n) is 4.34. The lowest BCUT2D eigenvalue weighted by Gasteiger charge is -2.13. The van der Waals surface area contributed by atoms with E-state index in [1.165, 1.54) is 48.5 Å². The number of sulfonamides is 1. The predicted molar refractivity (Wildman–Crippen MR) is 79.2 cm³/mol. The standard InChI is InChI=1S/C15H15NO5S/c1-2-21-11-7-9-12(10-8-11)22(19,20)16-14-6-4-3-5-13(14)15(17)18/h3-10,16H,2H2,1H3,(H,17,18)/p-1. The van der Waals surface area contributed by atoms with E-state index in [9.17, 15) is 18.3 Å². The van der Waals surface area contributed by atoms with Crippen molar-refractivity contribution in [1.82, 2.24) is 0 Å². The zero-order chi connectivity index (χ0) is 16.2. The molecule has 2 aromatic rings. The largest absolute Gasteiger partial charge is 0.545 e. The van der Waals surface area contributed by atoms with Crippen molar-refractivity contribution in [3.8, 4) is 5.75 Å². The molecule has 0 spiro atoms. The third-order valence-corrected chi connectivity index (χ3v) is 4.22. The van der Waals surface area contributed by atoms with Crippen molar-refractivity contribution in [3.05, 3.63) is 54.1 Å². The number of aromatic carboxylic acids is 1. The van der Waals surface area contributed by atoms with Gasteiger partial charge in [-0.1, -0.05) is 18.2 Å². The Bertz CT molecular complexity index is 769. The molecular formula is C15H14NO5S-. The van der Waals surface area contributed by atoms with Crippen molar-refractivity contribution < 1.29 is 23.1 Å². The number of carbonyl (C=O) groups is 1. The van der Waals surface area contributed by atoms with Crippen LogP contribution in [0.15, 0.2) is 53.4 Å². The summed E-state index contributed by atoms with van der Waals surface area (Å²) in [7, 11) is -3.90. The van der Waals surface area contributed by atoms with E-state index >= 15 is 0 Å². The van der Waals surface area contributed by atoms with E-state index in [2.05, 4.69) is 4.72 Å². The number of para-hydroxylation sites is 1. The minimum atomic E-state index is -3.90. The van der Waals surface area contributed by atoms with E-state index in [-0.39, 0.29) is 16.1 Å². The maximum absolute atomic E-state index is 12.3. The molecule has 22 heavy (non-hydrogen) atoms. The molecule has 0 aliphatic carbocycles. The highest BCUT2D eigenvalue weighted by atomic mass is 32.2. The van der Waals surface area contributed by atoms with Gasteiger partial charge in [0.25, 0.3) is 10.0 Å². The first-order chi connectivity index (χ1) is 10.4. The Labute approximate surface area is 128 Å². The molecular weight excluding hydrogens is 306 g/mol. The quantitative estimate of drug-likeness (QED) is 0.864. The average Bonchev–Trinajstić information content (AvgIpc) is 2.48. The maximum atomic E-state index is 12.3. The fourth-order valence-electron chi connectivity index (χ4n) is 1.84. The smallest absolute Gasteiger partial charge is 0.261 e.